The molecule has 0 bridgehead atoms. The summed E-state index contributed by atoms with van der Waals surface area (Å²) in [5, 5.41) is 5.53. The van der Waals surface area contributed by atoms with Crippen molar-refractivity contribution < 1.29 is 14.0 Å². The molecule has 1 aromatic heterocycles. The number of carbonyl (C=O) groups is 2. The molecule has 3 rings (SSSR count). The van der Waals surface area contributed by atoms with Gasteiger partial charge in [0.25, 0.3) is 5.91 Å². The summed E-state index contributed by atoms with van der Waals surface area (Å²) in [5.41, 5.74) is 0.501. The average molecular weight is 402 g/mol. The van der Waals surface area contributed by atoms with Crippen LogP contribution in [0.4, 0.5) is 15.8 Å². The molecule has 28 heavy (non-hydrogen) atoms. The van der Waals surface area contributed by atoms with E-state index in [1.165, 1.54) is 37.4 Å². The lowest BCUT2D eigenvalue weighted by atomic mass is 10.1. The molecule has 2 amide bonds. The molecule has 2 N–H and O–H groups in total. The van der Waals surface area contributed by atoms with Crippen LogP contribution < -0.4 is 16.1 Å². The van der Waals surface area contributed by atoms with Gasteiger partial charge in [0.15, 0.2) is 0 Å². The summed E-state index contributed by atoms with van der Waals surface area (Å²) < 4.78 is 15.3. The molecule has 144 valence electrons. The van der Waals surface area contributed by atoms with E-state index in [9.17, 15) is 18.8 Å². The van der Waals surface area contributed by atoms with Crippen molar-refractivity contribution in [1.29, 1.82) is 0 Å². The van der Waals surface area contributed by atoms with Crippen LogP contribution in [-0.4, -0.2) is 16.4 Å². The molecule has 8 heteroatoms. The molecule has 0 radical (unpaired) electrons. The molecule has 1 heterocycles. The van der Waals surface area contributed by atoms with Crippen molar-refractivity contribution in [3.8, 4) is 0 Å². The number of anilines is 2. The summed E-state index contributed by atoms with van der Waals surface area (Å²) in [5.74, 6) is -1.52. The zero-order chi connectivity index (χ0) is 20.4. The zero-order valence-electron chi connectivity index (χ0n) is 15.2. The molecule has 0 aliphatic heterocycles. The van der Waals surface area contributed by atoms with Crippen molar-refractivity contribution in [2.24, 2.45) is 0 Å². The van der Waals surface area contributed by atoms with E-state index in [1.807, 2.05) is 6.92 Å². The second-order valence-corrected chi connectivity index (χ2v) is 6.56. The normalized spacial score (nSPS) is 10.7. The molecule has 3 aromatic rings. The highest BCUT2D eigenvalue weighted by molar-refractivity contribution is 6.34. The van der Waals surface area contributed by atoms with Gasteiger partial charge in [-0.15, -0.1) is 0 Å². The Kier molecular flexibility index (Phi) is 5.46. The number of aromatic nitrogens is 1. The molecule has 0 aliphatic rings. The first-order valence-electron chi connectivity index (χ1n) is 8.51. The van der Waals surface area contributed by atoms with Crippen LogP contribution in [0.25, 0.3) is 10.9 Å². The number of fused-ring (bicyclic) bond motifs is 1. The number of carbonyl (C=O) groups excluding carboxylic acids is 2. The standard InChI is InChI=1S/C20H17ClFN3O3/c1-3-25-10-15(19(27)14-8-12(22)4-7-18(14)25)20(28)24-17-9-13(23-11(2)26)5-6-16(17)21/h4-10H,3H2,1-2H3,(H,23,26)(H,24,28). The smallest absolute Gasteiger partial charge is 0.261 e. The average Bonchev–Trinajstić information content (AvgIpc) is 2.64. The van der Waals surface area contributed by atoms with Crippen molar-refractivity contribution in [3.63, 3.8) is 0 Å². The van der Waals surface area contributed by atoms with Crippen molar-refractivity contribution in [1.82, 2.24) is 4.57 Å². The Bertz CT molecular complexity index is 1160. The number of aryl methyl sites for hydroxylation is 1. The van der Waals surface area contributed by atoms with E-state index >= 15 is 0 Å². The van der Waals surface area contributed by atoms with Crippen LogP contribution in [0.15, 0.2) is 47.4 Å². The molecular weight excluding hydrogens is 385 g/mol. The van der Waals surface area contributed by atoms with Gasteiger partial charge in [0, 0.05) is 30.7 Å². The minimum absolute atomic E-state index is 0.118. The highest BCUT2D eigenvalue weighted by atomic mass is 35.5. The van der Waals surface area contributed by atoms with E-state index in [2.05, 4.69) is 10.6 Å². The molecule has 0 atom stereocenters. The van der Waals surface area contributed by atoms with Gasteiger partial charge < -0.3 is 15.2 Å². The minimum Gasteiger partial charge on any atom is -0.347 e. The lowest BCUT2D eigenvalue weighted by molar-refractivity contribution is -0.114. The van der Waals surface area contributed by atoms with Crippen molar-refractivity contribution >= 4 is 45.7 Å². The van der Waals surface area contributed by atoms with Crippen molar-refractivity contribution in [2.45, 2.75) is 20.4 Å². The number of amides is 2. The maximum atomic E-state index is 13.6. The Morgan fingerprint density at radius 1 is 1.14 bits per heavy atom. The molecule has 0 spiro atoms. The lowest BCUT2D eigenvalue weighted by Crippen LogP contribution is -2.24. The van der Waals surface area contributed by atoms with E-state index in [1.54, 1.807) is 10.6 Å². The largest absolute Gasteiger partial charge is 0.347 e. The SMILES string of the molecule is CCn1cc(C(=O)Nc2cc(NC(C)=O)ccc2Cl)c(=O)c2cc(F)ccc21. The summed E-state index contributed by atoms with van der Waals surface area (Å²) in [6.45, 7) is 3.69. The van der Waals surface area contributed by atoms with E-state index in [4.69, 9.17) is 11.6 Å². The second-order valence-electron chi connectivity index (χ2n) is 6.15. The fraction of sp³-hybridized carbons (Fsp3) is 0.150. The Morgan fingerprint density at radius 3 is 2.57 bits per heavy atom. The van der Waals surface area contributed by atoms with Crippen LogP contribution in [-0.2, 0) is 11.3 Å². The second kappa shape index (κ2) is 7.82. The number of hydrogen-bond donors (Lipinski definition) is 2. The number of halogens is 2. The monoisotopic (exact) mass is 401 g/mol. The number of nitrogens with one attached hydrogen (secondary N) is 2. The van der Waals surface area contributed by atoms with Crippen LogP contribution in [0.3, 0.4) is 0 Å². The molecule has 6 nitrogen and oxygen atoms in total. The summed E-state index contributed by atoms with van der Waals surface area (Å²) in [4.78, 5) is 36.7. The van der Waals surface area contributed by atoms with Gasteiger partial charge in [0.05, 0.1) is 16.2 Å². The third kappa shape index (κ3) is 3.89. The Hall–Kier alpha value is -3.19. The first-order chi connectivity index (χ1) is 13.3. The summed E-state index contributed by atoms with van der Waals surface area (Å²) in [7, 11) is 0. The Labute approximate surface area is 164 Å². The molecule has 2 aromatic carbocycles. The Balaban J connectivity index is 2.04. The maximum Gasteiger partial charge on any atom is 0.261 e. The van der Waals surface area contributed by atoms with Crippen LogP contribution in [0.1, 0.15) is 24.2 Å². The molecule has 0 aliphatic carbocycles. The van der Waals surface area contributed by atoms with Crippen molar-refractivity contribution in [3.05, 3.63) is 69.2 Å². The predicted molar refractivity (Wildman–Crippen MR) is 108 cm³/mol. The lowest BCUT2D eigenvalue weighted by Gasteiger charge is -2.13. The molecule has 0 unspecified atom stereocenters. The number of pyridine rings is 1. The van der Waals surface area contributed by atoms with Crippen LogP contribution >= 0.6 is 11.6 Å². The molecule has 0 fully saturated rings. The topological polar surface area (TPSA) is 80.2 Å². The van der Waals surface area contributed by atoms with Gasteiger partial charge in [-0.1, -0.05) is 11.6 Å². The molecular formula is C20H17ClFN3O3. The van der Waals surface area contributed by atoms with Gasteiger partial charge in [-0.25, -0.2) is 4.39 Å². The van der Waals surface area contributed by atoms with E-state index < -0.39 is 17.2 Å². The quantitative estimate of drug-likeness (QED) is 0.692. The summed E-state index contributed by atoms with van der Waals surface area (Å²) in [6.07, 6.45) is 1.43. The van der Waals surface area contributed by atoms with Crippen LogP contribution in [0, 0.1) is 5.82 Å². The predicted octanol–water partition coefficient (Wildman–Crippen LogP) is 4.02. The van der Waals surface area contributed by atoms with Gasteiger partial charge in [-0.05, 0) is 43.3 Å². The number of rotatable bonds is 4. The van der Waals surface area contributed by atoms with Crippen LogP contribution in [0.5, 0.6) is 0 Å². The number of hydrogen-bond acceptors (Lipinski definition) is 3. The fourth-order valence-electron chi connectivity index (χ4n) is 2.88. The molecule has 0 saturated carbocycles. The van der Waals surface area contributed by atoms with Gasteiger partial charge in [-0.2, -0.15) is 0 Å². The van der Waals surface area contributed by atoms with Gasteiger partial charge in [0.2, 0.25) is 11.3 Å². The molecule has 0 saturated heterocycles. The zero-order valence-corrected chi connectivity index (χ0v) is 15.9. The summed E-state index contributed by atoms with van der Waals surface area (Å²) in [6, 6.07) is 8.47. The summed E-state index contributed by atoms with van der Waals surface area (Å²) >= 11 is 6.12. The van der Waals surface area contributed by atoms with Crippen molar-refractivity contribution in [2.75, 3.05) is 10.6 Å². The maximum absolute atomic E-state index is 13.6. The Morgan fingerprint density at radius 2 is 1.89 bits per heavy atom. The number of benzene rings is 2. The van der Waals surface area contributed by atoms with Gasteiger partial charge in [-0.3, -0.25) is 14.4 Å². The fourth-order valence-corrected chi connectivity index (χ4v) is 3.05. The first kappa shape index (κ1) is 19.6. The highest BCUT2D eigenvalue weighted by Crippen LogP contribution is 2.26. The third-order valence-corrected chi connectivity index (χ3v) is 4.49. The van der Waals surface area contributed by atoms with Gasteiger partial charge >= 0.3 is 0 Å². The third-order valence-electron chi connectivity index (χ3n) is 4.16. The van der Waals surface area contributed by atoms with Crippen LogP contribution in [0.2, 0.25) is 5.02 Å². The van der Waals surface area contributed by atoms with E-state index in [0.29, 0.717) is 17.7 Å². The highest BCUT2D eigenvalue weighted by Gasteiger charge is 2.17. The number of nitrogens with zero attached hydrogens (tertiary/aromatic N) is 1. The van der Waals surface area contributed by atoms with E-state index in [-0.39, 0.29) is 27.6 Å². The minimum atomic E-state index is -0.680. The van der Waals surface area contributed by atoms with E-state index in [0.717, 1.165) is 6.07 Å². The van der Waals surface area contributed by atoms with Gasteiger partial charge in [0.1, 0.15) is 11.4 Å². The first-order valence-corrected chi connectivity index (χ1v) is 8.89.